The molecular weight excluding hydrogens is 233 g/mol. The van der Waals surface area contributed by atoms with Gasteiger partial charge in [-0.05, 0) is 24.6 Å². The third kappa shape index (κ3) is 4.39. The van der Waals surface area contributed by atoms with Crippen molar-refractivity contribution < 1.29 is 4.74 Å². The molecule has 0 heterocycles. The van der Waals surface area contributed by atoms with Crippen LogP contribution in [0.3, 0.4) is 0 Å². The molecule has 15 heavy (non-hydrogen) atoms. The van der Waals surface area contributed by atoms with E-state index in [2.05, 4.69) is 12.2 Å². The van der Waals surface area contributed by atoms with Crippen LogP contribution in [0, 0.1) is 0 Å². The Balaban J connectivity index is 2.50. The van der Waals surface area contributed by atoms with Gasteiger partial charge in [-0.1, -0.05) is 29.3 Å². The normalized spacial score (nSPS) is 12.8. The first-order valence-electron chi connectivity index (χ1n) is 4.79. The molecule has 0 amide bonds. The van der Waals surface area contributed by atoms with Crippen LogP contribution >= 0.6 is 23.2 Å². The Hall–Kier alpha value is -0.280. The number of methoxy groups -OCH3 is 1. The lowest BCUT2D eigenvalue weighted by atomic mass is 10.2. The molecule has 0 radical (unpaired) electrons. The summed E-state index contributed by atoms with van der Waals surface area (Å²) in [6.45, 7) is 3.47. The zero-order valence-corrected chi connectivity index (χ0v) is 10.4. The van der Waals surface area contributed by atoms with Crippen molar-refractivity contribution >= 4 is 23.2 Å². The van der Waals surface area contributed by atoms with E-state index in [9.17, 15) is 0 Å². The monoisotopic (exact) mass is 247 g/mol. The molecule has 0 unspecified atom stereocenters. The number of rotatable bonds is 5. The van der Waals surface area contributed by atoms with Gasteiger partial charge >= 0.3 is 0 Å². The van der Waals surface area contributed by atoms with Gasteiger partial charge in [0.2, 0.25) is 0 Å². The maximum atomic E-state index is 6.03. The summed E-state index contributed by atoms with van der Waals surface area (Å²) < 4.78 is 5.02. The van der Waals surface area contributed by atoms with E-state index in [4.69, 9.17) is 27.9 Å². The van der Waals surface area contributed by atoms with E-state index in [1.807, 2.05) is 12.1 Å². The molecule has 4 heteroatoms. The second kappa shape index (κ2) is 6.33. The molecule has 0 fully saturated rings. The lowest BCUT2D eigenvalue weighted by Gasteiger charge is -2.13. The van der Waals surface area contributed by atoms with Gasteiger partial charge in [0.05, 0.1) is 6.61 Å². The molecular formula is C11H15Cl2NO. The summed E-state index contributed by atoms with van der Waals surface area (Å²) in [5, 5.41) is 4.66. The van der Waals surface area contributed by atoms with Crippen molar-refractivity contribution in [1.29, 1.82) is 0 Å². The highest BCUT2D eigenvalue weighted by molar-refractivity contribution is 6.35. The van der Waals surface area contributed by atoms with E-state index in [0.717, 1.165) is 12.1 Å². The minimum Gasteiger partial charge on any atom is -0.383 e. The molecule has 1 rings (SSSR count). The van der Waals surface area contributed by atoms with Crippen molar-refractivity contribution in [3.63, 3.8) is 0 Å². The van der Waals surface area contributed by atoms with Crippen LogP contribution in [0.15, 0.2) is 18.2 Å². The van der Waals surface area contributed by atoms with Gasteiger partial charge in [-0.2, -0.15) is 0 Å². The Morgan fingerprint density at radius 3 is 2.73 bits per heavy atom. The Morgan fingerprint density at radius 1 is 1.40 bits per heavy atom. The van der Waals surface area contributed by atoms with Gasteiger partial charge in [0.1, 0.15) is 0 Å². The maximum Gasteiger partial charge on any atom is 0.0613 e. The minimum absolute atomic E-state index is 0.307. The highest BCUT2D eigenvalue weighted by atomic mass is 35.5. The van der Waals surface area contributed by atoms with E-state index >= 15 is 0 Å². The largest absolute Gasteiger partial charge is 0.383 e. The molecule has 0 aliphatic carbocycles. The van der Waals surface area contributed by atoms with Crippen molar-refractivity contribution in [3.8, 4) is 0 Å². The summed E-state index contributed by atoms with van der Waals surface area (Å²) in [7, 11) is 1.69. The fourth-order valence-electron chi connectivity index (χ4n) is 1.26. The Bertz CT molecular complexity index is 317. The zero-order chi connectivity index (χ0) is 11.3. The summed E-state index contributed by atoms with van der Waals surface area (Å²) in [4.78, 5) is 0. The molecule has 0 bridgehead atoms. The molecule has 1 aromatic carbocycles. The van der Waals surface area contributed by atoms with Crippen LogP contribution < -0.4 is 5.32 Å². The maximum absolute atomic E-state index is 6.03. The lowest BCUT2D eigenvalue weighted by Crippen LogP contribution is -2.29. The second-order valence-electron chi connectivity index (χ2n) is 3.47. The van der Waals surface area contributed by atoms with Gasteiger partial charge in [-0.3, -0.25) is 0 Å². The first kappa shape index (κ1) is 12.8. The summed E-state index contributed by atoms with van der Waals surface area (Å²) >= 11 is 11.8. The van der Waals surface area contributed by atoms with E-state index < -0.39 is 0 Å². The highest BCUT2D eigenvalue weighted by Crippen LogP contribution is 2.20. The molecule has 84 valence electrons. The molecule has 2 nitrogen and oxygen atoms in total. The molecule has 0 saturated carbocycles. The smallest absolute Gasteiger partial charge is 0.0613 e. The average molecular weight is 248 g/mol. The van der Waals surface area contributed by atoms with Gasteiger partial charge in [0.25, 0.3) is 0 Å². The van der Waals surface area contributed by atoms with Gasteiger partial charge in [0.15, 0.2) is 0 Å². The van der Waals surface area contributed by atoms with Crippen LogP contribution in [-0.2, 0) is 11.3 Å². The number of ether oxygens (including phenoxy) is 1. The molecule has 1 atom stereocenters. The van der Waals surface area contributed by atoms with Crippen molar-refractivity contribution in [3.05, 3.63) is 33.8 Å². The van der Waals surface area contributed by atoms with E-state index in [1.54, 1.807) is 13.2 Å². The lowest BCUT2D eigenvalue weighted by molar-refractivity contribution is 0.171. The Labute approximate surface area is 101 Å². The zero-order valence-electron chi connectivity index (χ0n) is 8.89. The molecule has 0 spiro atoms. The third-order valence-corrected chi connectivity index (χ3v) is 2.66. The van der Waals surface area contributed by atoms with Crippen LogP contribution in [0.25, 0.3) is 0 Å². The predicted octanol–water partition coefficient (Wildman–Crippen LogP) is 3.12. The van der Waals surface area contributed by atoms with Crippen LogP contribution in [0.2, 0.25) is 10.0 Å². The van der Waals surface area contributed by atoms with Gasteiger partial charge in [-0.15, -0.1) is 0 Å². The van der Waals surface area contributed by atoms with Crippen LogP contribution in [0.5, 0.6) is 0 Å². The topological polar surface area (TPSA) is 21.3 Å². The Kier molecular flexibility index (Phi) is 5.40. The van der Waals surface area contributed by atoms with Gasteiger partial charge < -0.3 is 10.1 Å². The fraction of sp³-hybridized carbons (Fsp3) is 0.455. The summed E-state index contributed by atoms with van der Waals surface area (Å²) in [6, 6.07) is 5.82. The number of benzene rings is 1. The third-order valence-electron chi connectivity index (χ3n) is 2.07. The highest BCUT2D eigenvalue weighted by Gasteiger charge is 2.04. The fourth-order valence-corrected chi connectivity index (χ4v) is 1.73. The van der Waals surface area contributed by atoms with E-state index in [1.165, 1.54) is 0 Å². The number of hydrogen-bond acceptors (Lipinski definition) is 2. The number of nitrogens with one attached hydrogen (secondary N) is 1. The minimum atomic E-state index is 0.307. The molecule has 1 N–H and O–H groups in total. The first-order valence-corrected chi connectivity index (χ1v) is 5.55. The Morgan fingerprint density at radius 2 is 2.13 bits per heavy atom. The predicted molar refractivity (Wildman–Crippen MR) is 64.6 cm³/mol. The van der Waals surface area contributed by atoms with Crippen LogP contribution in [0.4, 0.5) is 0 Å². The molecule has 0 aliphatic heterocycles. The second-order valence-corrected chi connectivity index (χ2v) is 4.32. The van der Waals surface area contributed by atoms with Gasteiger partial charge in [-0.25, -0.2) is 0 Å². The van der Waals surface area contributed by atoms with Crippen molar-refractivity contribution in [2.75, 3.05) is 13.7 Å². The molecule has 0 aromatic heterocycles. The van der Waals surface area contributed by atoms with Crippen LogP contribution in [0.1, 0.15) is 12.5 Å². The summed E-state index contributed by atoms with van der Waals surface area (Å²) in [5.74, 6) is 0. The molecule has 0 aliphatic rings. The van der Waals surface area contributed by atoms with Gasteiger partial charge in [0, 0.05) is 29.7 Å². The van der Waals surface area contributed by atoms with E-state index in [-0.39, 0.29) is 0 Å². The molecule has 1 aromatic rings. The summed E-state index contributed by atoms with van der Waals surface area (Å²) in [5.41, 5.74) is 1.05. The number of hydrogen-bond donors (Lipinski definition) is 1. The van der Waals surface area contributed by atoms with Crippen molar-refractivity contribution in [1.82, 2.24) is 5.32 Å². The SMILES string of the molecule is COC[C@@H](C)NCc1ccc(Cl)cc1Cl. The quantitative estimate of drug-likeness (QED) is 0.864. The van der Waals surface area contributed by atoms with Crippen LogP contribution in [-0.4, -0.2) is 19.8 Å². The number of halogens is 2. The average Bonchev–Trinajstić information content (AvgIpc) is 2.17. The molecule has 0 saturated heterocycles. The standard InChI is InChI=1S/C11H15Cl2NO/c1-8(7-15-2)14-6-9-3-4-10(12)5-11(9)13/h3-5,8,14H,6-7H2,1-2H3/t8-/m1/s1. The van der Waals surface area contributed by atoms with Crippen molar-refractivity contribution in [2.45, 2.75) is 19.5 Å². The summed E-state index contributed by atoms with van der Waals surface area (Å²) in [6.07, 6.45) is 0. The first-order chi connectivity index (χ1) is 7.13. The van der Waals surface area contributed by atoms with Crippen molar-refractivity contribution in [2.24, 2.45) is 0 Å². The van der Waals surface area contributed by atoms with E-state index in [0.29, 0.717) is 22.7 Å².